The number of hydrogen-bond acceptors (Lipinski definition) is 8. The SMILES string of the molecule is CC(C)c1ccnc2c1oc1c(-c3ccccn3)[c-]ccc12.[2H]C([2H])([2H])c1ccc(-c2[c-]cccc2)nc1.[2H]C([2H])([2H])c1cnc(-c2[c-]cccc2)cc1C([2H])([2H])[2H].[Ir].[Ir].[c-]1cc2c(cc1-c1ccccn1)oc1cccnc12. The molecule has 0 atom stereocenters. The number of nitrogens with zero attached hydrogens (tertiary/aromatic N) is 6. The van der Waals surface area contributed by atoms with Gasteiger partial charge in [-0.1, -0.05) is 73.5 Å². The number of aromatic nitrogens is 6. The average molecular weight is 1280 g/mol. The van der Waals surface area contributed by atoms with Gasteiger partial charge >= 0.3 is 0 Å². The van der Waals surface area contributed by atoms with Crippen molar-refractivity contribution < 1.29 is 61.4 Å². The molecular formula is C60H46Ir2N6O2-4. The van der Waals surface area contributed by atoms with Crippen LogP contribution in [0.25, 0.3) is 89.2 Å². The molecule has 8 aromatic heterocycles. The smallest absolute Gasteiger partial charge is 0.142 e. The molecule has 0 amide bonds. The number of hydrogen-bond donors (Lipinski definition) is 0. The van der Waals surface area contributed by atoms with Crippen molar-refractivity contribution in [3.63, 3.8) is 0 Å². The third-order valence-corrected chi connectivity index (χ3v) is 10.6. The molecule has 10 heteroatoms. The maximum atomic E-state index is 7.50. The molecule has 0 saturated heterocycles. The van der Waals surface area contributed by atoms with Crippen molar-refractivity contribution in [2.24, 2.45) is 0 Å². The number of aryl methyl sites for hydroxylation is 3. The van der Waals surface area contributed by atoms with Gasteiger partial charge in [0.25, 0.3) is 0 Å². The quantitative estimate of drug-likeness (QED) is 0.157. The van der Waals surface area contributed by atoms with Crippen LogP contribution in [0.15, 0.2) is 192 Å². The Hall–Kier alpha value is -7.32. The van der Waals surface area contributed by atoms with Gasteiger partial charge in [0, 0.05) is 89.7 Å². The number of rotatable bonds is 5. The van der Waals surface area contributed by atoms with Crippen molar-refractivity contribution in [1.29, 1.82) is 0 Å². The Labute approximate surface area is 447 Å². The molecular weight excluding hydrogens is 1220 g/mol. The minimum Gasteiger partial charge on any atom is -0.499 e. The number of pyridine rings is 6. The molecule has 0 saturated carbocycles. The molecule has 12 rings (SSSR count). The molecule has 0 spiro atoms. The van der Waals surface area contributed by atoms with E-state index in [1.165, 1.54) is 17.8 Å². The summed E-state index contributed by atoms with van der Waals surface area (Å²) < 4.78 is 78.4. The third kappa shape index (κ3) is 11.7. The number of furan rings is 2. The van der Waals surface area contributed by atoms with Gasteiger partial charge in [-0.3, -0.25) is 9.97 Å². The Morgan fingerprint density at radius 2 is 1.17 bits per heavy atom. The molecule has 12 aromatic rings. The zero-order valence-electron chi connectivity index (χ0n) is 46.6. The Morgan fingerprint density at radius 3 is 1.84 bits per heavy atom. The van der Waals surface area contributed by atoms with Gasteiger partial charge in [0.05, 0.1) is 22.2 Å². The van der Waals surface area contributed by atoms with Crippen molar-refractivity contribution in [2.45, 2.75) is 40.3 Å². The van der Waals surface area contributed by atoms with E-state index >= 15 is 0 Å². The second kappa shape index (κ2) is 23.8. The molecule has 0 aliphatic rings. The fraction of sp³-hybridized carbons (Fsp3) is 0.100. The van der Waals surface area contributed by atoms with Gasteiger partial charge in [-0.2, -0.15) is 0 Å². The molecule has 70 heavy (non-hydrogen) atoms. The standard InChI is InChI=1S/C19H15N2O.C16H9N2O.C13H12N.C12H10N.2Ir/c1-12(2)13-9-11-21-17-15-7-5-6-14(18(15)22-19(13)17)16-8-3-4-10-20-16;1-2-8-17-13(4-1)11-6-7-12-15(10-11)19-14-5-3-9-18-16(12)14;1-10-8-13(14-9-11(10)2)12-6-4-3-5-7-12;1-10-7-8-12(13-9-10)11-5-3-2-4-6-11;;/h3-5,7-12H,1-2H3;1-5,7-10H;3-6,8-9H,1-2H3;2-5,7-9H,1H3;;/q4*-1;;/i;;1D3,2D3;1D3;;. The van der Waals surface area contributed by atoms with Crippen LogP contribution >= 0.6 is 0 Å². The Balaban J connectivity index is 0.000000152. The maximum absolute atomic E-state index is 7.50. The maximum Gasteiger partial charge on any atom is 0.142 e. The van der Waals surface area contributed by atoms with Crippen LogP contribution in [-0.2, 0) is 40.2 Å². The van der Waals surface area contributed by atoms with Gasteiger partial charge in [-0.05, 0) is 107 Å². The Bertz CT molecular complexity index is 3920. The van der Waals surface area contributed by atoms with Gasteiger partial charge in [0.15, 0.2) is 0 Å². The summed E-state index contributed by atoms with van der Waals surface area (Å²) in [5.74, 6) is 0.383. The van der Waals surface area contributed by atoms with Crippen molar-refractivity contribution in [3.05, 3.63) is 229 Å². The van der Waals surface area contributed by atoms with E-state index in [1.54, 1.807) is 61.1 Å². The molecule has 350 valence electrons. The van der Waals surface area contributed by atoms with E-state index in [1.807, 2.05) is 103 Å². The molecule has 0 aliphatic carbocycles. The van der Waals surface area contributed by atoms with E-state index < -0.39 is 20.6 Å². The van der Waals surface area contributed by atoms with Crippen LogP contribution in [0.4, 0.5) is 0 Å². The van der Waals surface area contributed by atoms with Crippen LogP contribution in [0.2, 0.25) is 0 Å². The molecule has 0 N–H and O–H groups in total. The first-order valence-electron chi connectivity index (χ1n) is 26.1. The zero-order chi connectivity index (χ0) is 54.3. The second-order valence-electron chi connectivity index (χ2n) is 15.5. The minimum absolute atomic E-state index is 0. The van der Waals surface area contributed by atoms with E-state index in [9.17, 15) is 0 Å². The van der Waals surface area contributed by atoms with Crippen molar-refractivity contribution >= 4 is 44.1 Å². The molecule has 2 radical (unpaired) electrons. The van der Waals surface area contributed by atoms with Crippen molar-refractivity contribution in [3.8, 4) is 45.0 Å². The van der Waals surface area contributed by atoms with E-state index in [2.05, 4.69) is 68.0 Å². The fourth-order valence-electron chi connectivity index (χ4n) is 7.26. The summed E-state index contributed by atoms with van der Waals surface area (Å²) in [5.41, 5.74) is 12.2. The van der Waals surface area contributed by atoms with Gasteiger partial charge < -0.3 is 28.8 Å². The normalized spacial score (nSPS) is 13.0. The molecule has 8 nitrogen and oxygen atoms in total. The number of benzene rings is 4. The molecule has 0 aliphatic heterocycles. The molecule has 0 unspecified atom stereocenters. The van der Waals surface area contributed by atoms with Crippen LogP contribution in [0.3, 0.4) is 0 Å². The van der Waals surface area contributed by atoms with Gasteiger partial charge in [-0.15, -0.1) is 108 Å². The van der Waals surface area contributed by atoms with Crippen LogP contribution in [-0.4, -0.2) is 29.9 Å². The zero-order valence-corrected chi connectivity index (χ0v) is 42.4. The first-order chi connectivity index (χ1) is 36.9. The summed E-state index contributed by atoms with van der Waals surface area (Å²) in [6, 6.07) is 56.7. The van der Waals surface area contributed by atoms with Gasteiger partial charge in [0.2, 0.25) is 0 Å². The summed E-state index contributed by atoms with van der Waals surface area (Å²) in [6.07, 6.45) is 9.68. The van der Waals surface area contributed by atoms with Gasteiger partial charge in [0.1, 0.15) is 11.2 Å². The van der Waals surface area contributed by atoms with E-state index in [0.717, 1.165) is 84.1 Å². The number of fused-ring (bicyclic) bond motifs is 6. The van der Waals surface area contributed by atoms with Crippen LogP contribution < -0.4 is 0 Å². The van der Waals surface area contributed by atoms with Crippen LogP contribution in [0.5, 0.6) is 0 Å². The Morgan fingerprint density at radius 1 is 0.471 bits per heavy atom. The monoisotopic (exact) mass is 1280 g/mol. The first kappa shape index (κ1) is 39.5. The first-order valence-corrected chi connectivity index (χ1v) is 21.6. The summed E-state index contributed by atoms with van der Waals surface area (Å²) in [4.78, 5) is 25.8. The van der Waals surface area contributed by atoms with E-state index in [0.29, 0.717) is 17.2 Å². The van der Waals surface area contributed by atoms with Crippen molar-refractivity contribution in [2.75, 3.05) is 0 Å². The van der Waals surface area contributed by atoms with Crippen LogP contribution in [0.1, 0.15) is 54.4 Å². The molecule has 8 heterocycles. The molecule has 4 aromatic carbocycles. The average Bonchev–Trinajstić information content (AvgIpc) is 4.22. The predicted molar refractivity (Wildman–Crippen MR) is 272 cm³/mol. The summed E-state index contributed by atoms with van der Waals surface area (Å²) in [7, 11) is 0. The fourth-order valence-corrected chi connectivity index (χ4v) is 7.26. The third-order valence-electron chi connectivity index (χ3n) is 10.6. The summed E-state index contributed by atoms with van der Waals surface area (Å²) in [5, 5.41) is 1.99. The molecule has 0 bridgehead atoms. The largest absolute Gasteiger partial charge is 0.499 e. The summed E-state index contributed by atoms with van der Waals surface area (Å²) in [6.45, 7) is -2.78. The summed E-state index contributed by atoms with van der Waals surface area (Å²) >= 11 is 0. The Kier molecular flexibility index (Phi) is 13.4. The second-order valence-corrected chi connectivity index (χ2v) is 15.5. The predicted octanol–water partition coefficient (Wildman–Crippen LogP) is 14.8. The van der Waals surface area contributed by atoms with Crippen LogP contribution in [0, 0.1) is 44.8 Å². The van der Waals surface area contributed by atoms with E-state index in [-0.39, 0.29) is 56.9 Å². The van der Waals surface area contributed by atoms with E-state index in [4.69, 9.17) is 21.2 Å². The van der Waals surface area contributed by atoms with Crippen molar-refractivity contribution in [1.82, 2.24) is 29.9 Å². The molecule has 0 fully saturated rings. The minimum atomic E-state index is -2.50. The van der Waals surface area contributed by atoms with Gasteiger partial charge in [-0.25, -0.2) is 0 Å². The topological polar surface area (TPSA) is 104 Å².